The number of carbonyl (C=O) groups is 1. The number of hydrogen-bond donors (Lipinski definition) is 2. The van der Waals surface area contributed by atoms with Gasteiger partial charge >= 0.3 is 0 Å². The van der Waals surface area contributed by atoms with E-state index in [4.69, 9.17) is 11.6 Å². The summed E-state index contributed by atoms with van der Waals surface area (Å²) in [5.41, 5.74) is 1.25. The van der Waals surface area contributed by atoms with Crippen LogP contribution < -0.4 is 5.32 Å². The molecule has 8 heteroatoms. The zero-order valence-electron chi connectivity index (χ0n) is 14.2. The largest absolute Gasteiger partial charge is 0.392 e. The van der Waals surface area contributed by atoms with Crippen LogP contribution in [0, 0.1) is 0 Å². The van der Waals surface area contributed by atoms with Gasteiger partial charge in [0.15, 0.2) is 0 Å². The lowest BCUT2D eigenvalue weighted by atomic mass is 10.1. The van der Waals surface area contributed by atoms with Crippen molar-refractivity contribution in [3.8, 4) is 0 Å². The molecule has 1 amide bonds. The minimum atomic E-state index is -0.393. The molecule has 0 bridgehead atoms. The summed E-state index contributed by atoms with van der Waals surface area (Å²) >= 11 is 5.95. The van der Waals surface area contributed by atoms with Gasteiger partial charge < -0.3 is 15.3 Å². The number of hydrogen-bond acceptors (Lipinski definition) is 4. The molecule has 0 aromatic heterocycles. The number of aliphatic hydroxyl groups is 1. The highest BCUT2D eigenvalue weighted by Gasteiger charge is 2.33. The molecule has 3 atom stereocenters. The molecule has 142 valence electrons. The lowest BCUT2D eigenvalue weighted by Crippen LogP contribution is -2.53. The van der Waals surface area contributed by atoms with E-state index in [1.807, 2.05) is 17.0 Å². The van der Waals surface area contributed by atoms with Gasteiger partial charge in [0, 0.05) is 43.8 Å². The molecule has 1 aromatic rings. The Labute approximate surface area is 166 Å². The van der Waals surface area contributed by atoms with Gasteiger partial charge in [-0.1, -0.05) is 23.7 Å². The second-order valence-corrected chi connectivity index (χ2v) is 6.88. The maximum absolute atomic E-state index is 12.4. The third-order valence-electron chi connectivity index (χ3n) is 4.93. The normalized spacial score (nSPS) is 25.0. The molecular formula is C17H26Cl3N3O2. The van der Waals surface area contributed by atoms with Crippen LogP contribution in [0.25, 0.3) is 0 Å². The SMILES string of the molecule is CC(c1ccc(Cl)cc1)N1CCN(C(=O)C2CC(O)CN2)CC1.Cl.Cl. The Hall–Kier alpha value is -0.560. The number of β-amino-alcohol motifs (C(OH)–C–C–N with tert-alkyl or cyclic N) is 1. The Bertz CT molecular complexity index is 551. The smallest absolute Gasteiger partial charge is 0.239 e. The molecule has 2 fully saturated rings. The van der Waals surface area contributed by atoms with Crippen molar-refractivity contribution < 1.29 is 9.90 Å². The van der Waals surface area contributed by atoms with Gasteiger partial charge in [-0.05, 0) is 31.0 Å². The van der Waals surface area contributed by atoms with E-state index in [1.165, 1.54) is 5.56 Å². The first kappa shape index (κ1) is 22.5. The minimum Gasteiger partial charge on any atom is -0.392 e. The molecule has 3 rings (SSSR count). The van der Waals surface area contributed by atoms with Crippen LogP contribution in [0.1, 0.15) is 24.9 Å². The number of amides is 1. The average molecular weight is 411 g/mol. The Morgan fingerprint density at radius 1 is 1.20 bits per heavy atom. The van der Waals surface area contributed by atoms with Crippen molar-refractivity contribution >= 4 is 42.3 Å². The molecule has 0 saturated carbocycles. The van der Waals surface area contributed by atoms with E-state index >= 15 is 0 Å². The van der Waals surface area contributed by atoms with Gasteiger partial charge in [0.05, 0.1) is 12.1 Å². The van der Waals surface area contributed by atoms with Crippen molar-refractivity contribution in [2.45, 2.75) is 31.5 Å². The van der Waals surface area contributed by atoms with Crippen molar-refractivity contribution in [3.05, 3.63) is 34.9 Å². The predicted molar refractivity (Wildman–Crippen MR) is 105 cm³/mol. The molecule has 2 aliphatic heterocycles. The topological polar surface area (TPSA) is 55.8 Å². The molecule has 0 radical (unpaired) electrons. The molecule has 5 nitrogen and oxygen atoms in total. The van der Waals surface area contributed by atoms with Gasteiger partial charge in [0.2, 0.25) is 5.91 Å². The number of benzene rings is 1. The van der Waals surface area contributed by atoms with E-state index in [0.717, 1.165) is 31.2 Å². The molecule has 1 aromatic carbocycles. The van der Waals surface area contributed by atoms with Crippen molar-refractivity contribution in [3.63, 3.8) is 0 Å². The van der Waals surface area contributed by atoms with Crippen LogP contribution in [0.4, 0.5) is 0 Å². The lowest BCUT2D eigenvalue weighted by Gasteiger charge is -2.39. The highest BCUT2D eigenvalue weighted by atomic mass is 35.5. The maximum Gasteiger partial charge on any atom is 0.239 e. The van der Waals surface area contributed by atoms with E-state index in [0.29, 0.717) is 19.0 Å². The van der Waals surface area contributed by atoms with Crippen LogP contribution in [-0.4, -0.2) is 65.7 Å². The first-order chi connectivity index (χ1) is 11.0. The van der Waals surface area contributed by atoms with Gasteiger partial charge in [-0.15, -0.1) is 24.8 Å². The summed E-state index contributed by atoms with van der Waals surface area (Å²) in [6.45, 7) is 5.92. The van der Waals surface area contributed by atoms with E-state index in [1.54, 1.807) is 0 Å². The number of piperazine rings is 1. The molecule has 0 aliphatic carbocycles. The maximum atomic E-state index is 12.4. The lowest BCUT2D eigenvalue weighted by molar-refractivity contribution is -0.135. The molecule has 0 spiro atoms. The third-order valence-corrected chi connectivity index (χ3v) is 5.18. The Kier molecular flexibility index (Phi) is 8.95. The first-order valence-electron chi connectivity index (χ1n) is 8.24. The summed E-state index contributed by atoms with van der Waals surface area (Å²) in [4.78, 5) is 16.8. The van der Waals surface area contributed by atoms with Crippen LogP contribution >= 0.6 is 36.4 Å². The Balaban J connectivity index is 0.00000156. The monoisotopic (exact) mass is 409 g/mol. The van der Waals surface area contributed by atoms with Crippen LogP contribution in [-0.2, 0) is 4.79 Å². The average Bonchev–Trinajstić information content (AvgIpc) is 3.01. The van der Waals surface area contributed by atoms with E-state index < -0.39 is 6.10 Å². The predicted octanol–water partition coefficient (Wildman–Crippen LogP) is 2.11. The summed E-state index contributed by atoms with van der Waals surface area (Å²) in [7, 11) is 0. The first-order valence-corrected chi connectivity index (χ1v) is 8.62. The molecule has 2 saturated heterocycles. The van der Waals surface area contributed by atoms with Gasteiger partial charge in [0.1, 0.15) is 0 Å². The van der Waals surface area contributed by atoms with Crippen LogP contribution in [0.2, 0.25) is 5.02 Å². The highest BCUT2D eigenvalue weighted by molar-refractivity contribution is 6.30. The van der Waals surface area contributed by atoms with Crippen molar-refractivity contribution in [2.24, 2.45) is 0 Å². The fourth-order valence-corrected chi connectivity index (χ4v) is 3.53. The number of aliphatic hydroxyl groups excluding tert-OH is 1. The highest BCUT2D eigenvalue weighted by Crippen LogP contribution is 2.23. The minimum absolute atomic E-state index is 0. The standard InChI is InChI=1S/C17H24ClN3O2.2ClH/c1-12(13-2-4-14(18)5-3-13)20-6-8-21(9-7-20)17(23)16-10-15(22)11-19-16;;/h2-5,12,15-16,19,22H,6-11H2,1H3;2*1H. The second kappa shape index (κ2) is 9.95. The fourth-order valence-electron chi connectivity index (χ4n) is 3.41. The molecule has 2 heterocycles. The molecule has 25 heavy (non-hydrogen) atoms. The van der Waals surface area contributed by atoms with Crippen molar-refractivity contribution in [1.82, 2.24) is 15.1 Å². The molecule has 2 aliphatic rings. The van der Waals surface area contributed by atoms with Gasteiger partial charge in [-0.2, -0.15) is 0 Å². The number of carbonyl (C=O) groups excluding carboxylic acids is 1. The zero-order valence-corrected chi connectivity index (χ0v) is 16.6. The van der Waals surface area contributed by atoms with Gasteiger partial charge in [-0.25, -0.2) is 0 Å². The summed E-state index contributed by atoms with van der Waals surface area (Å²) in [5.74, 6) is 0.125. The fraction of sp³-hybridized carbons (Fsp3) is 0.588. The molecule has 3 unspecified atom stereocenters. The second-order valence-electron chi connectivity index (χ2n) is 6.44. The summed E-state index contributed by atoms with van der Waals surface area (Å²) < 4.78 is 0. The summed E-state index contributed by atoms with van der Waals surface area (Å²) in [5, 5.41) is 13.4. The van der Waals surface area contributed by atoms with Gasteiger partial charge in [-0.3, -0.25) is 9.69 Å². The summed E-state index contributed by atoms with van der Waals surface area (Å²) in [6, 6.07) is 8.07. The zero-order chi connectivity index (χ0) is 16.4. The van der Waals surface area contributed by atoms with Crippen LogP contribution in [0.3, 0.4) is 0 Å². The quantitative estimate of drug-likeness (QED) is 0.801. The van der Waals surface area contributed by atoms with Crippen molar-refractivity contribution in [1.29, 1.82) is 0 Å². The third kappa shape index (κ3) is 5.46. The number of nitrogens with one attached hydrogen (secondary N) is 1. The van der Waals surface area contributed by atoms with Crippen LogP contribution in [0.15, 0.2) is 24.3 Å². The molecule has 2 N–H and O–H groups in total. The molecular weight excluding hydrogens is 385 g/mol. The van der Waals surface area contributed by atoms with E-state index in [-0.39, 0.29) is 36.8 Å². The van der Waals surface area contributed by atoms with E-state index in [2.05, 4.69) is 29.3 Å². The number of rotatable bonds is 3. The van der Waals surface area contributed by atoms with Gasteiger partial charge in [0.25, 0.3) is 0 Å². The Morgan fingerprint density at radius 2 is 1.80 bits per heavy atom. The van der Waals surface area contributed by atoms with Crippen molar-refractivity contribution in [2.75, 3.05) is 32.7 Å². The summed E-state index contributed by atoms with van der Waals surface area (Å²) in [6.07, 6.45) is 0.135. The number of halogens is 3. The number of nitrogens with zero attached hydrogens (tertiary/aromatic N) is 2. The van der Waals surface area contributed by atoms with Crippen LogP contribution in [0.5, 0.6) is 0 Å². The Morgan fingerprint density at radius 3 is 2.32 bits per heavy atom. The van der Waals surface area contributed by atoms with E-state index in [9.17, 15) is 9.90 Å².